The van der Waals surface area contributed by atoms with E-state index in [4.69, 9.17) is 0 Å². The molecule has 2 aliphatic heterocycles. The average molecular weight is 345 g/mol. The van der Waals surface area contributed by atoms with Gasteiger partial charge in [0.05, 0.1) is 11.5 Å². The molecule has 3 heterocycles. The first-order valence-electron chi connectivity index (χ1n) is 8.60. The second-order valence-corrected chi connectivity index (χ2v) is 6.89. The van der Waals surface area contributed by atoms with Gasteiger partial charge < -0.3 is 14.9 Å². The number of aryl methyl sites for hydroxylation is 1. The molecule has 0 radical (unpaired) electrons. The molecule has 0 aromatic carbocycles. The molecule has 7 nitrogen and oxygen atoms in total. The fourth-order valence-electron chi connectivity index (χ4n) is 4.08. The lowest BCUT2D eigenvalue weighted by Gasteiger charge is -2.45. The Balaban J connectivity index is 1.60. The Bertz CT molecular complexity index is 668. The number of pyridine rings is 1. The zero-order chi connectivity index (χ0) is 18.0. The van der Waals surface area contributed by atoms with Crippen LogP contribution in [-0.2, 0) is 20.8 Å². The van der Waals surface area contributed by atoms with Crippen molar-refractivity contribution >= 4 is 17.8 Å². The van der Waals surface area contributed by atoms with Crippen molar-refractivity contribution in [2.24, 2.45) is 5.92 Å². The molecule has 1 atom stereocenters. The number of carboxylic acid groups (broad SMARTS) is 1. The molecule has 7 heteroatoms. The second-order valence-electron chi connectivity index (χ2n) is 6.89. The van der Waals surface area contributed by atoms with E-state index in [2.05, 4.69) is 4.98 Å². The standard InChI is InChI=1S/C18H23N3O4/c1-20-16(23)11-14(17(24)25)18(20)6-9-21(10-7-18)15(22)5-4-13-3-2-8-19-12-13/h2-3,8,12,14H,4-7,9-11H2,1H3,(H,24,25)/t14-/m0/s1. The summed E-state index contributed by atoms with van der Waals surface area (Å²) in [4.78, 5) is 43.5. The number of carbonyl (C=O) groups is 3. The van der Waals surface area contributed by atoms with Crippen molar-refractivity contribution in [1.29, 1.82) is 0 Å². The van der Waals surface area contributed by atoms with Crippen molar-refractivity contribution in [2.75, 3.05) is 20.1 Å². The van der Waals surface area contributed by atoms with Crippen LogP contribution in [0.25, 0.3) is 0 Å². The number of nitrogens with zero attached hydrogens (tertiary/aromatic N) is 3. The lowest BCUT2D eigenvalue weighted by atomic mass is 9.77. The highest BCUT2D eigenvalue weighted by atomic mass is 16.4. The molecule has 1 aromatic rings. The summed E-state index contributed by atoms with van der Waals surface area (Å²) in [6.07, 6.45) is 5.61. The van der Waals surface area contributed by atoms with Gasteiger partial charge in [0.2, 0.25) is 11.8 Å². The molecule has 3 rings (SSSR count). The van der Waals surface area contributed by atoms with Crippen LogP contribution in [0.15, 0.2) is 24.5 Å². The van der Waals surface area contributed by atoms with Crippen molar-refractivity contribution in [3.8, 4) is 0 Å². The number of piperidine rings is 1. The SMILES string of the molecule is CN1C(=O)C[C@@H](C(=O)O)C12CCN(C(=O)CCc1cccnc1)CC2. The molecule has 0 saturated carbocycles. The third-order valence-corrected chi connectivity index (χ3v) is 5.70. The van der Waals surface area contributed by atoms with E-state index < -0.39 is 17.4 Å². The average Bonchev–Trinajstić information content (AvgIpc) is 2.86. The molecule has 134 valence electrons. The highest BCUT2D eigenvalue weighted by Gasteiger charge is 2.55. The maximum Gasteiger partial charge on any atom is 0.309 e. The van der Waals surface area contributed by atoms with Crippen molar-refractivity contribution in [1.82, 2.24) is 14.8 Å². The minimum Gasteiger partial charge on any atom is -0.481 e. The van der Waals surface area contributed by atoms with E-state index in [-0.39, 0.29) is 18.2 Å². The molecule has 1 spiro atoms. The number of aliphatic carboxylic acids is 1. The minimum atomic E-state index is -0.922. The van der Waals surface area contributed by atoms with Crippen LogP contribution in [-0.4, -0.2) is 63.4 Å². The summed E-state index contributed by atoms with van der Waals surface area (Å²) in [6.45, 7) is 0.987. The fourth-order valence-corrected chi connectivity index (χ4v) is 4.08. The summed E-state index contributed by atoms with van der Waals surface area (Å²) in [7, 11) is 1.69. The van der Waals surface area contributed by atoms with Crippen LogP contribution in [0, 0.1) is 5.92 Å². The van der Waals surface area contributed by atoms with Crippen LogP contribution in [0.3, 0.4) is 0 Å². The van der Waals surface area contributed by atoms with Crippen LogP contribution in [0.5, 0.6) is 0 Å². The lowest BCUT2D eigenvalue weighted by Crippen LogP contribution is -2.57. The summed E-state index contributed by atoms with van der Waals surface area (Å²) in [5.74, 6) is -1.66. The molecule has 2 saturated heterocycles. The van der Waals surface area contributed by atoms with Crippen molar-refractivity contribution < 1.29 is 19.5 Å². The Morgan fingerprint density at radius 1 is 1.36 bits per heavy atom. The van der Waals surface area contributed by atoms with Gasteiger partial charge in [-0.3, -0.25) is 19.4 Å². The normalized spacial score (nSPS) is 22.4. The molecule has 1 N–H and O–H groups in total. The Kier molecular flexibility index (Phi) is 4.74. The number of hydrogen-bond donors (Lipinski definition) is 1. The van der Waals surface area contributed by atoms with Gasteiger partial charge in [-0.15, -0.1) is 0 Å². The summed E-state index contributed by atoms with van der Waals surface area (Å²) in [5.41, 5.74) is 0.375. The van der Waals surface area contributed by atoms with E-state index in [1.807, 2.05) is 12.1 Å². The van der Waals surface area contributed by atoms with Crippen molar-refractivity contribution in [2.45, 2.75) is 37.6 Å². The molecule has 2 amide bonds. The maximum absolute atomic E-state index is 12.4. The predicted molar refractivity (Wildman–Crippen MR) is 89.6 cm³/mol. The summed E-state index contributed by atoms with van der Waals surface area (Å²) in [6, 6.07) is 3.80. The number of amides is 2. The molecule has 1 aromatic heterocycles. The molecular weight excluding hydrogens is 322 g/mol. The van der Waals surface area contributed by atoms with Crippen molar-refractivity contribution in [3.05, 3.63) is 30.1 Å². The monoisotopic (exact) mass is 345 g/mol. The van der Waals surface area contributed by atoms with E-state index in [1.54, 1.807) is 29.2 Å². The van der Waals surface area contributed by atoms with Crippen molar-refractivity contribution in [3.63, 3.8) is 0 Å². The zero-order valence-electron chi connectivity index (χ0n) is 14.4. The highest BCUT2D eigenvalue weighted by molar-refractivity contribution is 5.88. The number of carboxylic acids is 1. The molecule has 2 fully saturated rings. The molecular formula is C18H23N3O4. The zero-order valence-corrected chi connectivity index (χ0v) is 14.4. The van der Waals surface area contributed by atoms with Crippen LogP contribution >= 0.6 is 0 Å². The molecule has 0 bridgehead atoms. The van der Waals surface area contributed by atoms with Gasteiger partial charge in [-0.25, -0.2) is 0 Å². The topological polar surface area (TPSA) is 90.8 Å². The van der Waals surface area contributed by atoms with Crippen LogP contribution in [0.4, 0.5) is 0 Å². The second kappa shape index (κ2) is 6.82. The van der Waals surface area contributed by atoms with Crippen LogP contribution < -0.4 is 0 Å². The van der Waals surface area contributed by atoms with Gasteiger partial charge in [0.25, 0.3) is 0 Å². The number of carbonyl (C=O) groups excluding carboxylic acids is 2. The Hall–Kier alpha value is -2.44. The van der Waals surface area contributed by atoms with E-state index in [0.717, 1.165) is 5.56 Å². The van der Waals surface area contributed by atoms with Gasteiger partial charge in [-0.2, -0.15) is 0 Å². The number of rotatable bonds is 4. The van der Waals surface area contributed by atoms with Crippen LogP contribution in [0.1, 0.15) is 31.2 Å². The van der Waals surface area contributed by atoms with Gasteiger partial charge >= 0.3 is 5.97 Å². The Morgan fingerprint density at radius 3 is 2.68 bits per heavy atom. The van der Waals surface area contributed by atoms with E-state index in [9.17, 15) is 19.5 Å². The van der Waals surface area contributed by atoms with E-state index >= 15 is 0 Å². The third kappa shape index (κ3) is 3.23. The highest BCUT2D eigenvalue weighted by Crippen LogP contribution is 2.42. The number of hydrogen-bond acceptors (Lipinski definition) is 4. The number of likely N-dealkylation sites (tertiary alicyclic amines) is 2. The van der Waals surface area contributed by atoms with Gasteiger partial charge in [0, 0.05) is 45.4 Å². The largest absolute Gasteiger partial charge is 0.481 e. The first kappa shape index (κ1) is 17.4. The van der Waals surface area contributed by atoms with Gasteiger partial charge in [-0.05, 0) is 30.9 Å². The molecule has 25 heavy (non-hydrogen) atoms. The molecule has 0 aliphatic carbocycles. The van der Waals surface area contributed by atoms with E-state index in [0.29, 0.717) is 38.8 Å². The van der Waals surface area contributed by atoms with Gasteiger partial charge in [-0.1, -0.05) is 6.07 Å². The summed E-state index contributed by atoms with van der Waals surface area (Å²) in [5, 5.41) is 9.49. The summed E-state index contributed by atoms with van der Waals surface area (Å²) < 4.78 is 0. The molecule has 0 unspecified atom stereocenters. The Labute approximate surface area is 146 Å². The smallest absolute Gasteiger partial charge is 0.309 e. The van der Waals surface area contributed by atoms with Gasteiger partial charge in [0.15, 0.2) is 0 Å². The predicted octanol–water partition coefficient (Wildman–Crippen LogP) is 0.938. The van der Waals surface area contributed by atoms with Crippen LogP contribution in [0.2, 0.25) is 0 Å². The maximum atomic E-state index is 12.4. The minimum absolute atomic E-state index is 0.0563. The quantitative estimate of drug-likeness (QED) is 0.877. The first-order valence-corrected chi connectivity index (χ1v) is 8.60. The summed E-state index contributed by atoms with van der Waals surface area (Å²) >= 11 is 0. The Morgan fingerprint density at radius 2 is 2.08 bits per heavy atom. The van der Waals surface area contributed by atoms with E-state index in [1.165, 1.54) is 0 Å². The first-order chi connectivity index (χ1) is 11.9. The van der Waals surface area contributed by atoms with Gasteiger partial charge in [0.1, 0.15) is 0 Å². The number of aromatic nitrogens is 1. The third-order valence-electron chi connectivity index (χ3n) is 5.70. The lowest BCUT2D eigenvalue weighted by molar-refractivity contribution is -0.147. The molecule has 2 aliphatic rings. The fraction of sp³-hybridized carbons (Fsp3) is 0.556.